The second-order valence-corrected chi connectivity index (χ2v) is 8.50. The summed E-state index contributed by atoms with van der Waals surface area (Å²) in [5, 5.41) is 3.36. The lowest BCUT2D eigenvalue weighted by atomic mass is 10.0. The van der Waals surface area contributed by atoms with E-state index >= 15 is 0 Å². The molecule has 2 aliphatic heterocycles. The van der Waals surface area contributed by atoms with E-state index in [1.807, 2.05) is 19.0 Å². The molecule has 0 aliphatic carbocycles. The molecular weight excluding hydrogens is 499 g/mol. The molecule has 2 fully saturated rings. The second kappa shape index (κ2) is 12.1. The maximum absolute atomic E-state index is 14.3. The SMILES string of the molecule is CN=C(NCC(c1c(F)cccc1F)N(C)C)N1CCC(CN2CCCCC2)C1.I. The summed E-state index contributed by atoms with van der Waals surface area (Å²) in [6.45, 7) is 5.96. The molecule has 8 heteroatoms. The molecule has 170 valence electrons. The monoisotopic (exact) mass is 535 g/mol. The predicted molar refractivity (Wildman–Crippen MR) is 130 cm³/mol. The number of aliphatic imine (C=N–C) groups is 1. The molecule has 0 saturated carbocycles. The molecule has 0 radical (unpaired) electrons. The van der Waals surface area contributed by atoms with Crippen molar-refractivity contribution in [1.82, 2.24) is 20.0 Å². The van der Waals surface area contributed by atoms with Crippen molar-refractivity contribution in [3.8, 4) is 0 Å². The van der Waals surface area contributed by atoms with Crippen LogP contribution in [0.3, 0.4) is 0 Å². The summed E-state index contributed by atoms with van der Waals surface area (Å²) in [6.07, 6.45) is 5.16. The van der Waals surface area contributed by atoms with Gasteiger partial charge in [0.05, 0.1) is 6.04 Å². The van der Waals surface area contributed by atoms with E-state index in [0.717, 1.165) is 32.0 Å². The number of hydrogen-bond donors (Lipinski definition) is 1. The third-order valence-electron chi connectivity index (χ3n) is 6.17. The summed E-state index contributed by atoms with van der Waals surface area (Å²) in [5.41, 5.74) is 0.102. The number of hydrogen-bond acceptors (Lipinski definition) is 3. The summed E-state index contributed by atoms with van der Waals surface area (Å²) in [4.78, 5) is 11.1. The Labute approximate surface area is 196 Å². The third kappa shape index (κ3) is 6.50. The van der Waals surface area contributed by atoms with Crippen molar-refractivity contribution in [3.05, 3.63) is 35.4 Å². The zero-order valence-corrected chi connectivity index (χ0v) is 20.7. The Morgan fingerprint density at radius 3 is 2.43 bits per heavy atom. The average Bonchev–Trinajstić information content (AvgIpc) is 3.15. The number of nitrogens with one attached hydrogen (secondary N) is 1. The second-order valence-electron chi connectivity index (χ2n) is 8.50. The Morgan fingerprint density at radius 2 is 1.83 bits per heavy atom. The number of halogens is 3. The van der Waals surface area contributed by atoms with E-state index < -0.39 is 17.7 Å². The first-order valence-corrected chi connectivity index (χ1v) is 10.8. The van der Waals surface area contributed by atoms with Crippen molar-refractivity contribution in [3.63, 3.8) is 0 Å². The highest BCUT2D eigenvalue weighted by molar-refractivity contribution is 14.0. The van der Waals surface area contributed by atoms with Gasteiger partial charge >= 0.3 is 0 Å². The molecule has 2 aliphatic rings. The summed E-state index contributed by atoms with van der Waals surface area (Å²) < 4.78 is 28.6. The van der Waals surface area contributed by atoms with Gasteiger partial charge in [-0.25, -0.2) is 8.78 Å². The number of piperidine rings is 1. The highest BCUT2D eigenvalue weighted by atomic mass is 127. The smallest absolute Gasteiger partial charge is 0.193 e. The van der Waals surface area contributed by atoms with Crippen LogP contribution in [-0.2, 0) is 0 Å². The zero-order chi connectivity index (χ0) is 20.8. The van der Waals surface area contributed by atoms with Gasteiger partial charge in [-0.05, 0) is 64.5 Å². The van der Waals surface area contributed by atoms with Gasteiger partial charge in [-0.2, -0.15) is 0 Å². The van der Waals surface area contributed by atoms with Gasteiger partial charge in [0.25, 0.3) is 0 Å². The molecular formula is C22H36F2IN5. The first-order chi connectivity index (χ1) is 14.0. The maximum atomic E-state index is 14.3. The zero-order valence-electron chi connectivity index (χ0n) is 18.4. The van der Waals surface area contributed by atoms with Gasteiger partial charge in [0.1, 0.15) is 11.6 Å². The Hall–Kier alpha value is -1.00. The fourth-order valence-electron chi connectivity index (χ4n) is 4.57. The number of rotatable bonds is 6. The van der Waals surface area contributed by atoms with Gasteiger partial charge in [0, 0.05) is 38.8 Å². The molecule has 30 heavy (non-hydrogen) atoms. The highest BCUT2D eigenvalue weighted by Crippen LogP contribution is 2.24. The molecule has 2 atom stereocenters. The Morgan fingerprint density at radius 1 is 1.17 bits per heavy atom. The third-order valence-corrected chi connectivity index (χ3v) is 6.17. The van der Waals surface area contributed by atoms with Crippen LogP contribution in [0.15, 0.2) is 23.2 Å². The average molecular weight is 535 g/mol. The molecule has 0 amide bonds. The maximum Gasteiger partial charge on any atom is 0.193 e. The topological polar surface area (TPSA) is 34.1 Å². The van der Waals surface area contributed by atoms with E-state index in [1.165, 1.54) is 50.6 Å². The normalized spacial score (nSPS) is 21.6. The first-order valence-electron chi connectivity index (χ1n) is 10.8. The van der Waals surface area contributed by atoms with Crippen LogP contribution >= 0.6 is 24.0 Å². The van der Waals surface area contributed by atoms with Crippen LogP contribution in [0.25, 0.3) is 0 Å². The van der Waals surface area contributed by atoms with Crippen molar-refractivity contribution < 1.29 is 8.78 Å². The van der Waals surface area contributed by atoms with E-state index in [2.05, 4.69) is 20.1 Å². The van der Waals surface area contributed by atoms with E-state index in [4.69, 9.17) is 0 Å². The predicted octanol–water partition coefficient (Wildman–Crippen LogP) is 3.57. The lowest BCUT2D eigenvalue weighted by Gasteiger charge is -2.30. The number of benzene rings is 1. The van der Waals surface area contributed by atoms with Crippen LogP contribution in [0.1, 0.15) is 37.3 Å². The van der Waals surface area contributed by atoms with E-state index in [1.54, 1.807) is 7.05 Å². The van der Waals surface area contributed by atoms with Gasteiger partial charge in [-0.3, -0.25) is 4.99 Å². The van der Waals surface area contributed by atoms with Gasteiger partial charge in [-0.1, -0.05) is 12.5 Å². The number of likely N-dealkylation sites (tertiary alicyclic amines) is 2. The Kier molecular flexibility index (Phi) is 10.2. The fourth-order valence-corrected chi connectivity index (χ4v) is 4.57. The molecule has 0 bridgehead atoms. The molecule has 5 nitrogen and oxygen atoms in total. The minimum Gasteiger partial charge on any atom is -0.354 e. The molecule has 1 aromatic rings. The Balaban J connectivity index is 0.00000320. The molecule has 0 aromatic heterocycles. The van der Waals surface area contributed by atoms with Gasteiger partial charge in [0.15, 0.2) is 5.96 Å². The quantitative estimate of drug-likeness (QED) is 0.343. The van der Waals surface area contributed by atoms with Crippen molar-refractivity contribution in [2.75, 3.05) is 60.4 Å². The van der Waals surface area contributed by atoms with Crippen LogP contribution in [0.2, 0.25) is 0 Å². The van der Waals surface area contributed by atoms with Crippen molar-refractivity contribution in [2.24, 2.45) is 10.9 Å². The molecule has 2 saturated heterocycles. The van der Waals surface area contributed by atoms with Gasteiger partial charge in [0.2, 0.25) is 0 Å². The number of nitrogens with zero attached hydrogens (tertiary/aromatic N) is 4. The van der Waals surface area contributed by atoms with Crippen molar-refractivity contribution >= 4 is 29.9 Å². The lowest BCUT2D eigenvalue weighted by molar-refractivity contribution is 0.198. The fraction of sp³-hybridized carbons (Fsp3) is 0.682. The first kappa shape index (κ1) is 25.3. The van der Waals surface area contributed by atoms with Crippen molar-refractivity contribution in [1.29, 1.82) is 0 Å². The molecule has 1 N–H and O–H groups in total. The van der Waals surface area contributed by atoms with E-state index in [0.29, 0.717) is 12.5 Å². The van der Waals surface area contributed by atoms with Crippen LogP contribution in [-0.4, -0.2) is 81.1 Å². The lowest BCUT2D eigenvalue weighted by Crippen LogP contribution is -2.44. The van der Waals surface area contributed by atoms with Crippen LogP contribution in [0, 0.1) is 17.6 Å². The molecule has 1 aromatic carbocycles. The minimum absolute atomic E-state index is 0. The van der Waals surface area contributed by atoms with Gasteiger partial charge in [-0.15, -0.1) is 24.0 Å². The standard InChI is InChI=1S/C22H35F2N5.HI/c1-25-22(29-13-10-17(16-29)15-28-11-5-4-6-12-28)26-14-20(27(2)3)21-18(23)8-7-9-19(21)24;/h7-9,17,20H,4-6,10-16H2,1-3H3,(H,25,26);1H. The summed E-state index contributed by atoms with van der Waals surface area (Å²) >= 11 is 0. The largest absolute Gasteiger partial charge is 0.354 e. The molecule has 2 heterocycles. The van der Waals surface area contributed by atoms with Crippen LogP contribution in [0.4, 0.5) is 8.78 Å². The summed E-state index contributed by atoms with van der Waals surface area (Å²) in [7, 11) is 5.45. The van der Waals surface area contributed by atoms with E-state index in [9.17, 15) is 8.78 Å². The minimum atomic E-state index is -0.511. The van der Waals surface area contributed by atoms with Crippen molar-refractivity contribution in [2.45, 2.75) is 31.7 Å². The van der Waals surface area contributed by atoms with E-state index in [-0.39, 0.29) is 29.5 Å². The summed E-state index contributed by atoms with van der Waals surface area (Å²) in [5.74, 6) is 0.446. The summed E-state index contributed by atoms with van der Waals surface area (Å²) in [6, 6.07) is 3.62. The molecule has 3 rings (SSSR count). The molecule has 0 spiro atoms. The molecule has 2 unspecified atom stereocenters. The highest BCUT2D eigenvalue weighted by Gasteiger charge is 2.28. The number of guanidine groups is 1. The Bertz CT molecular complexity index is 674. The van der Waals surface area contributed by atoms with Crippen LogP contribution < -0.4 is 5.32 Å². The van der Waals surface area contributed by atoms with Crippen LogP contribution in [0.5, 0.6) is 0 Å². The number of likely N-dealkylation sites (N-methyl/N-ethyl adjacent to an activating group) is 1. The van der Waals surface area contributed by atoms with Gasteiger partial charge < -0.3 is 20.0 Å².